The molecule has 0 saturated heterocycles. The van der Waals surface area contributed by atoms with Gasteiger partial charge >= 0.3 is 0 Å². The average Bonchev–Trinajstić information content (AvgIpc) is 2.97. The summed E-state index contributed by atoms with van der Waals surface area (Å²) in [5.41, 5.74) is 3.32. The summed E-state index contributed by atoms with van der Waals surface area (Å²) in [6, 6.07) is 18.5. The number of benzene rings is 2. The molecule has 0 radical (unpaired) electrons. The topological polar surface area (TPSA) is 34.0 Å². The predicted octanol–water partition coefficient (Wildman–Crippen LogP) is 3.17. The minimum Gasteiger partial charge on any atom is -0.296 e. The van der Waals surface area contributed by atoms with Gasteiger partial charge in [0, 0.05) is 25.5 Å². The van der Waals surface area contributed by atoms with Gasteiger partial charge in [-0.1, -0.05) is 47.7 Å². The Bertz CT molecular complexity index is 711. The molecule has 0 spiro atoms. The second-order valence-corrected chi connectivity index (χ2v) is 5.63. The van der Waals surface area contributed by atoms with Gasteiger partial charge in [0.1, 0.15) is 5.52 Å². The van der Waals surface area contributed by atoms with E-state index in [0.717, 1.165) is 37.2 Å². The van der Waals surface area contributed by atoms with Crippen molar-refractivity contribution in [1.29, 1.82) is 0 Å². The first-order valence-electron chi connectivity index (χ1n) is 7.47. The number of fused-ring (bicyclic) bond motifs is 1. The van der Waals surface area contributed by atoms with Crippen molar-refractivity contribution in [2.75, 3.05) is 19.0 Å². The summed E-state index contributed by atoms with van der Waals surface area (Å²) >= 11 is 5.94. The molecule has 0 atom stereocenters. The summed E-state index contributed by atoms with van der Waals surface area (Å²) in [5.74, 6) is 0.630. The molecule has 1 heterocycles. The van der Waals surface area contributed by atoms with Gasteiger partial charge in [-0.05, 0) is 17.7 Å². The number of para-hydroxylation sites is 1. The lowest BCUT2D eigenvalue weighted by Crippen LogP contribution is -2.29. The number of halogens is 1. The zero-order chi connectivity index (χ0) is 15.2. The molecule has 3 rings (SSSR count). The van der Waals surface area contributed by atoms with E-state index < -0.39 is 0 Å². The van der Waals surface area contributed by atoms with Gasteiger partial charge in [0.25, 0.3) is 0 Å². The fourth-order valence-electron chi connectivity index (χ4n) is 2.55. The van der Waals surface area contributed by atoms with Crippen molar-refractivity contribution < 1.29 is 0 Å². The van der Waals surface area contributed by atoms with Crippen LogP contribution in [0.25, 0.3) is 11.0 Å². The van der Waals surface area contributed by atoms with Crippen LogP contribution < -0.4 is 0 Å². The second-order valence-electron chi connectivity index (χ2n) is 5.25. The molecule has 0 aliphatic heterocycles. The van der Waals surface area contributed by atoms with E-state index in [1.807, 2.05) is 28.9 Å². The monoisotopic (exact) mass is 314 g/mol. The molecule has 0 N–H and O–H groups in total. The summed E-state index contributed by atoms with van der Waals surface area (Å²) in [7, 11) is 0. The first-order valence-corrected chi connectivity index (χ1v) is 8.01. The molecule has 22 heavy (non-hydrogen) atoms. The Labute approximate surface area is 135 Å². The molecule has 0 aliphatic rings. The Balaban J connectivity index is 1.66. The van der Waals surface area contributed by atoms with Gasteiger partial charge in [0.15, 0.2) is 0 Å². The summed E-state index contributed by atoms with van der Waals surface area (Å²) in [4.78, 5) is 2.35. The Kier molecular flexibility index (Phi) is 5.03. The van der Waals surface area contributed by atoms with Crippen molar-refractivity contribution >= 4 is 22.6 Å². The minimum absolute atomic E-state index is 0.630. The zero-order valence-electron chi connectivity index (χ0n) is 12.4. The average molecular weight is 315 g/mol. The molecular formula is C17H19ClN4. The van der Waals surface area contributed by atoms with Crippen LogP contribution in [0.5, 0.6) is 0 Å². The van der Waals surface area contributed by atoms with Crippen LogP contribution in [0, 0.1) is 0 Å². The van der Waals surface area contributed by atoms with Crippen LogP contribution in [0.4, 0.5) is 0 Å². The molecule has 1 aromatic heterocycles. The molecule has 0 unspecified atom stereocenters. The molecule has 114 valence electrons. The highest BCUT2D eigenvalue weighted by Crippen LogP contribution is 2.10. The van der Waals surface area contributed by atoms with Gasteiger partial charge in [-0.2, -0.15) is 0 Å². The summed E-state index contributed by atoms with van der Waals surface area (Å²) < 4.78 is 1.96. The largest absolute Gasteiger partial charge is 0.296 e. The highest BCUT2D eigenvalue weighted by Gasteiger charge is 2.08. The normalized spacial score (nSPS) is 11.4. The minimum atomic E-state index is 0.630. The third-order valence-corrected chi connectivity index (χ3v) is 3.87. The van der Waals surface area contributed by atoms with Crippen molar-refractivity contribution in [3.8, 4) is 0 Å². The van der Waals surface area contributed by atoms with Crippen LogP contribution in [-0.4, -0.2) is 38.9 Å². The quantitative estimate of drug-likeness (QED) is 0.628. The van der Waals surface area contributed by atoms with Crippen molar-refractivity contribution in [2.45, 2.75) is 13.1 Å². The maximum atomic E-state index is 5.94. The smallest absolute Gasteiger partial charge is 0.113 e. The van der Waals surface area contributed by atoms with Crippen LogP contribution >= 0.6 is 11.6 Å². The van der Waals surface area contributed by atoms with E-state index in [2.05, 4.69) is 45.5 Å². The predicted molar refractivity (Wildman–Crippen MR) is 90.0 cm³/mol. The van der Waals surface area contributed by atoms with Gasteiger partial charge in [0.05, 0.1) is 12.1 Å². The summed E-state index contributed by atoms with van der Waals surface area (Å²) in [6.07, 6.45) is 0. The van der Waals surface area contributed by atoms with E-state index in [9.17, 15) is 0 Å². The lowest BCUT2D eigenvalue weighted by Gasteiger charge is -2.21. The summed E-state index contributed by atoms with van der Waals surface area (Å²) in [6.45, 7) is 3.47. The molecule has 5 heteroatoms. The van der Waals surface area contributed by atoms with Gasteiger partial charge in [-0.3, -0.25) is 4.90 Å². The fourth-order valence-corrected chi connectivity index (χ4v) is 2.79. The number of rotatable bonds is 7. The van der Waals surface area contributed by atoms with Gasteiger partial charge < -0.3 is 0 Å². The standard InChI is InChI=1S/C17H19ClN4/c18-10-11-21(14-15-6-2-1-3-7-15)12-13-22-17-9-5-4-8-16(17)19-20-22/h1-9H,10-14H2. The van der Waals surface area contributed by atoms with Crippen molar-refractivity contribution in [1.82, 2.24) is 19.9 Å². The number of nitrogens with zero attached hydrogens (tertiary/aromatic N) is 4. The maximum Gasteiger partial charge on any atom is 0.113 e. The number of aromatic nitrogens is 3. The Morgan fingerprint density at radius 1 is 0.955 bits per heavy atom. The third kappa shape index (κ3) is 3.64. The third-order valence-electron chi connectivity index (χ3n) is 3.70. The van der Waals surface area contributed by atoms with Gasteiger partial charge in [0.2, 0.25) is 0 Å². The zero-order valence-corrected chi connectivity index (χ0v) is 13.2. The van der Waals surface area contributed by atoms with Crippen LogP contribution in [0.2, 0.25) is 0 Å². The highest BCUT2D eigenvalue weighted by atomic mass is 35.5. The SMILES string of the molecule is ClCCN(CCn1nnc2ccccc21)Cc1ccccc1. The number of hydrogen-bond acceptors (Lipinski definition) is 3. The first kappa shape index (κ1) is 15.0. The molecule has 0 saturated carbocycles. The summed E-state index contributed by atoms with van der Waals surface area (Å²) in [5, 5.41) is 8.44. The molecule has 2 aromatic carbocycles. The molecule has 4 nitrogen and oxygen atoms in total. The lowest BCUT2D eigenvalue weighted by atomic mass is 10.2. The van der Waals surface area contributed by atoms with Crippen molar-refractivity contribution in [3.05, 3.63) is 60.2 Å². The van der Waals surface area contributed by atoms with Crippen LogP contribution in [0.15, 0.2) is 54.6 Å². The van der Waals surface area contributed by atoms with Crippen molar-refractivity contribution in [2.24, 2.45) is 0 Å². The second kappa shape index (κ2) is 7.38. The van der Waals surface area contributed by atoms with Crippen LogP contribution in [0.1, 0.15) is 5.56 Å². The van der Waals surface area contributed by atoms with E-state index in [4.69, 9.17) is 11.6 Å². The van der Waals surface area contributed by atoms with Gasteiger partial charge in [-0.15, -0.1) is 16.7 Å². The highest BCUT2D eigenvalue weighted by molar-refractivity contribution is 6.18. The van der Waals surface area contributed by atoms with Gasteiger partial charge in [-0.25, -0.2) is 4.68 Å². The van der Waals surface area contributed by atoms with Crippen LogP contribution in [0.3, 0.4) is 0 Å². The molecule has 3 aromatic rings. The molecule has 0 aliphatic carbocycles. The van der Waals surface area contributed by atoms with E-state index in [1.165, 1.54) is 5.56 Å². The molecule has 0 amide bonds. The maximum absolute atomic E-state index is 5.94. The van der Waals surface area contributed by atoms with E-state index >= 15 is 0 Å². The Hall–Kier alpha value is -1.91. The van der Waals surface area contributed by atoms with Crippen molar-refractivity contribution in [3.63, 3.8) is 0 Å². The first-order chi connectivity index (χ1) is 10.9. The lowest BCUT2D eigenvalue weighted by molar-refractivity contribution is 0.265. The number of hydrogen-bond donors (Lipinski definition) is 0. The number of alkyl halides is 1. The molecule has 0 bridgehead atoms. The molecular weight excluding hydrogens is 296 g/mol. The van der Waals surface area contributed by atoms with E-state index in [0.29, 0.717) is 5.88 Å². The Morgan fingerprint density at radius 2 is 1.73 bits per heavy atom. The fraction of sp³-hybridized carbons (Fsp3) is 0.294. The van der Waals surface area contributed by atoms with E-state index in [1.54, 1.807) is 0 Å². The van der Waals surface area contributed by atoms with E-state index in [-0.39, 0.29) is 0 Å². The Morgan fingerprint density at radius 3 is 2.55 bits per heavy atom. The molecule has 0 fully saturated rings. The van der Waals surface area contributed by atoms with Crippen LogP contribution in [-0.2, 0) is 13.1 Å².